The van der Waals surface area contributed by atoms with Gasteiger partial charge in [-0.25, -0.2) is 4.39 Å². The van der Waals surface area contributed by atoms with Crippen molar-refractivity contribution < 1.29 is 13.9 Å². The summed E-state index contributed by atoms with van der Waals surface area (Å²) in [5, 5.41) is 3.39. The number of carbonyl (C=O) groups is 1. The van der Waals surface area contributed by atoms with Crippen LogP contribution >= 0.6 is 0 Å². The molecule has 0 radical (unpaired) electrons. The largest absolute Gasteiger partial charge is 0.489 e. The van der Waals surface area contributed by atoms with E-state index in [2.05, 4.69) is 5.32 Å². The summed E-state index contributed by atoms with van der Waals surface area (Å²) < 4.78 is 18.8. The number of rotatable bonds is 4. The van der Waals surface area contributed by atoms with Crippen LogP contribution in [-0.2, 0) is 6.61 Å². The zero-order valence-electron chi connectivity index (χ0n) is 14.0. The summed E-state index contributed by atoms with van der Waals surface area (Å²) in [4.78, 5) is 14.7. The van der Waals surface area contributed by atoms with E-state index in [-0.39, 0.29) is 11.7 Å². The van der Waals surface area contributed by atoms with Crippen LogP contribution in [0.5, 0.6) is 5.75 Å². The highest BCUT2D eigenvalue weighted by Crippen LogP contribution is 2.27. The van der Waals surface area contributed by atoms with Gasteiger partial charge in [0.1, 0.15) is 18.2 Å². The van der Waals surface area contributed by atoms with Gasteiger partial charge in [-0.05, 0) is 41.7 Å². The number of hydrogen-bond acceptors (Lipinski definition) is 3. The highest BCUT2D eigenvalue weighted by molar-refractivity contribution is 5.94. The molecule has 1 amide bonds. The van der Waals surface area contributed by atoms with E-state index in [9.17, 15) is 9.18 Å². The number of halogens is 1. The maximum absolute atomic E-state index is 13.2. The fourth-order valence-electron chi connectivity index (χ4n) is 3.72. The Bertz CT molecular complexity index is 768. The van der Waals surface area contributed by atoms with Crippen molar-refractivity contribution in [2.75, 3.05) is 26.2 Å². The minimum absolute atomic E-state index is 0.0852. The van der Waals surface area contributed by atoms with Gasteiger partial charge in [-0.15, -0.1) is 0 Å². The summed E-state index contributed by atoms with van der Waals surface area (Å²) in [5.74, 6) is 1.42. The Morgan fingerprint density at radius 2 is 1.88 bits per heavy atom. The van der Waals surface area contributed by atoms with Crippen LogP contribution in [0.25, 0.3) is 0 Å². The van der Waals surface area contributed by atoms with Gasteiger partial charge < -0.3 is 15.0 Å². The molecule has 2 fully saturated rings. The van der Waals surface area contributed by atoms with Crippen molar-refractivity contribution in [3.05, 3.63) is 65.5 Å². The Hall–Kier alpha value is -2.40. The van der Waals surface area contributed by atoms with E-state index in [4.69, 9.17) is 4.74 Å². The molecule has 2 saturated heterocycles. The fraction of sp³-hybridized carbons (Fsp3) is 0.350. The third-order valence-corrected chi connectivity index (χ3v) is 5.05. The molecule has 0 aromatic heterocycles. The van der Waals surface area contributed by atoms with Crippen molar-refractivity contribution in [2.24, 2.45) is 11.8 Å². The van der Waals surface area contributed by atoms with Gasteiger partial charge >= 0.3 is 0 Å². The predicted molar refractivity (Wildman–Crippen MR) is 92.9 cm³/mol. The molecule has 0 bridgehead atoms. The molecule has 0 spiro atoms. The average Bonchev–Trinajstić information content (AvgIpc) is 3.21. The maximum Gasteiger partial charge on any atom is 0.253 e. The lowest BCUT2D eigenvalue weighted by Crippen LogP contribution is -2.31. The van der Waals surface area contributed by atoms with Crippen LogP contribution in [0.4, 0.5) is 4.39 Å². The lowest BCUT2D eigenvalue weighted by Gasteiger charge is -2.18. The monoisotopic (exact) mass is 340 g/mol. The summed E-state index contributed by atoms with van der Waals surface area (Å²) in [5.41, 5.74) is 1.59. The predicted octanol–water partition coefficient (Wildman–Crippen LogP) is 2.70. The first-order valence-electron chi connectivity index (χ1n) is 8.66. The number of nitrogens with one attached hydrogen (secondary N) is 1. The van der Waals surface area contributed by atoms with Crippen LogP contribution in [-0.4, -0.2) is 37.0 Å². The van der Waals surface area contributed by atoms with Gasteiger partial charge in [0.2, 0.25) is 0 Å². The summed E-state index contributed by atoms with van der Waals surface area (Å²) >= 11 is 0. The molecule has 2 aliphatic rings. The maximum atomic E-state index is 13.2. The number of ether oxygens (including phenoxy) is 1. The number of benzene rings is 2. The molecule has 0 unspecified atom stereocenters. The Labute approximate surface area is 146 Å². The zero-order chi connectivity index (χ0) is 17.2. The van der Waals surface area contributed by atoms with Gasteiger partial charge in [-0.1, -0.05) is 18.2 Å². The van der Waals surface area contributed by atoms with Gasteiger partial charge in [0.05, 0.1) is 0 Å². The molecule has 5 heteroatoms. The number of fused-ring (bicyclic) bond motifs is 1. The van der Waals surface area contributed by atoms with E-state index in [1.165, 1.54) is 12.1 Å². The van der Waals surface area contributed by atoms with Crippen LogP contribution in [0.2, 0.25) is 0 Å². The molecule has 4 rings (SSSR count). The molecule has 1 N–H and O–H groups in total. The van der Waals surface area contributed by atoms with Crippen molar-refractivity contribution in [3.8, 4) is 5.75 Å². The Kier molecular flexibility index (Phi) is 4.40. The minimum Gasteiger partial charge on any atom is -0.489 e. The summed E-state index contributed by atoms with van der Waals surface area (Å²) in [6.45, 7) is 3.99. The molecule has 0 saturated carbocycles. The molecule has 2 aromatic carbocycles. The van der Waals surface area contributed by atoms with E-state index in [1.807, 2.05) is 29.2 Å². The molecule has 2 aliphatic heterocycles. The average molecular weight is 340 g/mol. The van der Waals surface area contributed by atoms with Crippen LogP contribution in [0.3, 0.4) is 0 Å². The quantitative estimate of drug-likeness (QED) is 0.930. The number of carbonyl (C=O) groups excluding carboxylic acids is 1. The number of likely N-dealkylation sites (tertiary alicyclic amines) is 1. The summed E-state index contributed by atoms with van der Waals surface area (Å²) in [7, 11) is 0. The normalized spacial score (nSPS) is 22.0. The molecule has 2 heterocycles. The molecular formula is C20H21FN2O2. The van der Waals surface area contributed by atoms with E-state index < -0.39 is 0 Å². The third-order valence-electron chi connectivity index (χ3n) is 5.05. The van der Waals surface area contributed by atoms with Gasteiger partial charge in [0.25, 0.3) is 5.91 Å². The summed E-state index contributed by atoms with van der Waals surface area (Å²) in [6, 6.07) is 13.6. The Morgan fingerprint density at radius 1 is 1.12 bits per heavy atom. The minimum atomic E-state index is -0.324. The van der Waals surface area contributed by atoms with Gasteiger partial charge in [0, 0.05) is 37.8 Å². The van der Waals surface area contributed by atoms with Crippen LogP contribution in [0.1, 0.15) is 15.9 Å². The third kappa shape index (κ3) is 3.51. The van der Waals surface area contributed by atoms with E-state index in [0.29, 0.717) is 29.8 Å². The molecule has 4 nitrogen and oxygen atoms in total. The van der Waals surface area contributed by atoms with Crippen LogP contribution in [0, 0.1) is 17.7 Å². The number of hydrogen-bond donors (Lipinski definition) is 1. The topological polar surface area (TPSA) is 41.6 Å². The first kappa shape index (κ1) is 16.1. The lowest BCUT2D eigenvalue weighted by molar-refractivity contribution is 0.0781. The van der Waals surface area contributed by atoms with Crippen molar-refractivity contribution >= 4 is 5.91 Å². The Morgan fingerprint density at radius 3 is 2.64 bits per heavy atom. The van der Waals surface area contributed by atoms with E-state index >= 15 is 0 Å². The van der Waals surface area contributed by atoms with E-state index in [0.717, 1.165) is 31.7 Å². The summed E-state index contributed by atoms with van der Waals surface area (Å²) in [6.07, 6.45) is 0. The molecule has 130 valence electrons. The van der Waals surface area contributed by atoms with Crippen LogP contribution < -0.4 is 10.1 Å². The second-order valence-electron chi connectivity index (χ2n) is 6.83. The van der Waals surface area contributed by atoms with Gasteiger partial charge in [0.15, 0.2) is 0 Å². The van der Waals surface area contributed by atoms with Crippen molar-refractivity contribution in [1.29, 1.82) is 0 Å². The van der Waals surface area contributed by atoms with Crippen LogP contribution in [0.15, 0.2) is 48.5 Å². The highest BCUT2D eigenvalue weighted by Gasteiger charge is 2.38. The van der Waals surface area contributed by atoms with Crippen molar-refractivity contribution in [2.45, 2.75) is 6.61 Å². The first-order valence-corrected chi connectivity index (χ1v) is 8.66. The van der Waals surface area contributed by atoms with E-state index in [1.54, 1.807) is 12.1 Å². The zero-order valence-corrected chi connectivity index (χ0v) is 14.0. The van der Waals surface area contributed by atoms with Gasteiger partial charge in [-0.3, -0.25) is 4.79 Å². The SMILES string of the molecule is O=C(c1cccc(COc2cccc(F)c2)c1)N1C[C@H]2CNC[C@H]2C1. The molecule has 2 atom stereocenters. The first-order chi connectivity index (χ1) is 12.2. The number of amides is 1. The van der Waals surface area contributed by atoms with Crippen molar-refractivity contribution in [1.82, 2.24) is 10.2 Å². The smallest absolute Gasteiger partial charge is 0.253 e. The highest BCUT2D eigenvalue weighted by atomic mass is 19.1. The van der Waals surface area contributed by atoms with Crippen molar-refractivity contribution in [3.63, 3.8) is 0 Å². The Balaban J connectivity index is 1.41. The number of nitrogens with zero attached hydrogens (tertiary/aromatic N) is 1. The standard InChI is InChI=1S/C20H21FN2O2/c21-18-5-2-6-19(8-18)25-13-14-3-1-4-15(7-14)20(24)23-11-16-9-22-10-17(16)12-23/h1-8,16-17,22H,9-13H2/t16-,17+. The molecule has 25 heavy (non-hydrogen) atoms. The second-order valence-corrected chi connectivity index (χ2v) is 6.83. The van der Waals surface area contributed by atoms with Gasteiger partial charge in [-0.2, -0.15) is 0 Å². The molecule has 0 aliphatic carbocycles. The second kappa shape index (κ2) is 6.84. The molecular weight excluding hydrogens is 319 g/mol. The lowest BCUT2D eigenvalue weighted by atomic mass is 10.0. The fourth-order valence-corrected chi connectivity index (χ4v) is 3.72. The molecule has 2 aromatic rings.